The summed E-state index contributed by atoms with van der Waals surface area (Å²) >= 11 is 3.47. The maximum Gasteiger partial charge on any atom is 0.238 e. The number of carbonyl (C=O) groups is 1. The highest BCUT2D eigenvalue weighted by Gasteiger charge is 2.08. The van der Waals surface area contributed by atoms with Gasteiger partial charge in [0.15, 0.2) is 0 Å². The molecule has 3 nitrogen and oxygen atoms in total. The predicted octanol–water partition coefficient (Wildman–Crippen LogP) is 3.00. The van der Waals surface area contributed by atoms with Gasteiger partial charge in [0.1, 0.15) is 0 Å². The summed E-state index contributed by atoms with van der Waals surface area (Å²) in [5, 5.41) is 5.99. The number of carbonyl (C=O) groups excluding carboxylic acids is 1. The van der Waals surface area contributed by atoms with Gasteiger partial charge in [-0.05, 0) is 59.9 Å². The number of hydrogen-bond acceptors (Lipinski definition) is 2. The Labute approximate surface area is 111 Å². The van der Waals surface area contributed by atoms with Crippen LogP contribution in [0.5, 0.6) is 0 Å². The second-order valence-electron chi connectivity index (χ2n) is 4.16. The first-order valence-corrected chi connectivity index (χ1v) is 6.61. The van der Waals surface area contributed by atoms with Gasteiger partial charge in [-0.1, -0.05) is 13.0 Å². The van der Waals surface area contributed by atoms with Crippen LogP contribution >= 0.6 is 15.9 Å². The van der Waals surface area contributed by atoms with Crippen LogP contribution in [-0.2, 0) is 4.79 Å². The third kappa shape index (κ3) is 4.48. The quantitative estimate of drug-likeness (QED) is 0.821. The molecule has 0 aliphatic rings. The zero-order chi connectivity index (χ0) is 12.8. The highest BCUT2D eigenvalue weighted by Crippen LogP contribution is 2.27. The fourth-order valence-corrected chi connectivity index (χ4v) is 2.41. The van der Waals surface area contributed by atoms with E-state index in [0.29, 0.717) is 6.54 Å². The van der Waals surface area contributed by atoms with E-state index >= 15 is 0 Å². The molecule has 0 bridgehead atoms. The van der Waals surface area contributed by atoms with Crippen LogP contribution in [0.4, 0.5) is 5.69 Å². The van der Waals surface area contributed by atoms with E-state index in [9.17, 15) is 4.79 Å². The molecule has 0 unspecified atom stereocenters. The maximum atomic E-state index is 11.7. The molecular weight excluding hydrogens is 280 g/mol. The van der Waals surface area contributed by atoms with Gasteiger partial charge < -0.3 is 10.6 Å². The highest BCUT2D eigenvalue weighted by atomic mass is 79.9. The lowest BCUT2D eigenvalue weighted by atomic mass is 10.1. The van der Waals surface area contributed by atoms with E-state index in [-0.39, 0.29) is 5.91 Å². The minimum Gasteiger partial charge on any atom is -0.324 e. The van der Waals surface area contributed by atoms with Crippen molar-refractivity contribution in [2.24, 2.45) is 0 Å². The van der Waals surface area contributed by atoms with Crippen molar-refractivity contribution < 1.29 is 4.79 Å². The molecule has 0 heterocycles. The summed E-state index contributed by atoms with van der Waals surface area (Å²) in [7, 11) is 0. The van der Waals surface area contributed by atoms with Crippen LogP contribution in [0.25, 0.3) is 0 Å². The third-order valence-corrected chi connectivity index (χ3v) is 3.03. The predicted molar refractivity (Wildman–Crippen MR) is 75.4 cm³/mol. The van der Waals surface area contributed by atoms with Crippen LogP contribution in [0.15, 0.2) is 16.6 Å². The summed E-state index contributed by atoms with van der Waals surface area (Å²) in [5.74, 6) is -0.00824. The first kappa shape index (κ1) is 14.2. The second kappa shape index (κ2) is 6.77. The van der Waals surface area contributed by atoms with Crippen molar-refractivity contribution in [2.75, 3.05) is 18.4 Å². The van der Waals surface area contributed by atoms with Gasteiger partial charge in [0.05, 0.1) is 12.2 Å². The molecule has 0 saturated heterocycles. The molecular formula is C13H19BrN2O. The molecule has 1 aromatic carbocycles. The van der Waals surface area contributed by atoms with E-state index in [1.807, 2.05) is 19.9 Å². The van der Waals surface area contributed by atoms with Crippen molar-refractivity contribution in [1.82, 2.24) is 5.32 Å². The average Bonchev–Trinajstić information content (AvgIpc) is 2.24. The van der Waals surface area contributed by atoms with Crippen molar-refractivity contribution in [3.8, 4) is 0 Å². The Morgan fingerprint density at radius 1 is 1.35 bits per heavy atom. The normalized spacial score (nSPS) is 10.4. The molecule has 94 valence electrons. The summed E-state index contributed by atoms with van der Waals surface area (Å²) in [5.41, 5.74) is 3.11. The number of anilines is 1. The Morgan fingerprint density at radius 3 is 2.65 bits per heavy atom. The topological polar surface area (TPSA) is 41.1 Å². The number of nitrogens with one attached hydrogen (secondary N) is 2. The molecule has 1 amide bonds. The molecule has 0 spiro atoms. The fraction of sp³-hybridized carbons (Fsp3) is 0.462. The average molecular weight is 299 g/mol. The molecule has 0 aliphatic heterocycles. The van der Waals surface area contributed by atoms with Crippen LogP contribution < -0.4 is 10.6 Å². The van der Waals surface area contributed by atoms with Crippen LogP contribution in [0.2, 0.25) is 0 Å². The molecule has 2 N–H and O–H groups in total. The number of rotatable bonds is 5. The van der Waals surface area contributed by atoms with E-state index in [1.54, 1.807) is 0 Å². The molecule has 1 rings (SSSR count). The number of aryl methyl sites for hydroxylation is 2. The number of halogens is 1. The molecule has 0 aromatic heterocycles. The lowest BCUT2D eigenvalue weighted by Gasteiger charge is -2.12. The van der Waals surface area contributed by atoms with Gasteiger partial charge in [0.25, 0.3) is 0 Å². The summed E-state index contributed by atoms with van der Waals surface area (Å²) in [6, 6.07) is 4.06. The zero-order valence-corrected chi connectivity index (χ0v) is 12.1. The van der Waals surface area contributed by atoms with Crippen molar-refractivity contribution in [2.45, 2.75) is 27.2 Å². The highest BCUT2D eigenvalue weighted by molar-refractivity contribution is 9.10. The fourth-order valence-electron chi connectivity index (χ4n) is 1.64. The minimum absolute atomic E-state index is 0.00824. The van der Waals surface area contributed by atoms with Crippen LogP contribution in [-0.4, -0.2) is 19.0 Å². The minimum atomic E-state index is -0.00824. The molecule has 0 atom stereocenters. The largest absolute Gasteiger partial charge is 0.324 e. The number of benzene rings is 1. The molecule has 0 saturated carbocycles. The van der Waals surface area contributed by atoms with Gasteiger partial charge in [-0.25, -0.2) is 0 Å². The number of amides is 1. The van der Waals surface area contributed by atoms with E-state index < -0.39 is 0 Å². The van der Waals surface area contributed by atoms with Crippen molar-refractivity contribution in [1.29, 1.82) is 0 Å². The SMILES string of the molecule is CCCNCC(=O)Nc1c(C)cc(C)cc1Br. The van der Waals surface area contributed by atoms with Crippen LogP contribution in [0.3, 0.4) is 0 Å². The van der Waals surface area contributed by atoms with Crippen molar-refractivity contribution in [3.63, 3.8) is 0 Å². The smallest absolute Gasteiger partial charge is 0.238 e. The monoisotopic (exact) mass is 298 g/mol. The molecule has 17 heavy (non-hydrogen) atoms. The van der Waals surface area contributed by atoms with Gasteiger partial charge in [-0.3, -0.25) is 4.79 Å². The summed E-state index contributed by atoms with van der Waals surface area (Å²) in [6.45, 7) is 7.32. The Bertz CT molecular complexity index is 381. The van der Waals surface area contributed by atoms with Gasteiger partial charge in [-0.15, -0.1) is 0 Å². The van der Waals surface area contributed by atoms with Crippen LogP contribution in [0, 0.1) is 13.8 Å². The standard InChI is InChI=1S/C13H19BrN2O/c1-4-5-15-8-12(17)16-13-10(3)6-9(2)7-11(13)14/h6-7,15H,4-5,8H2,1-3H3,(H,16,17). The van der Waals surface area contributed by atoms with Gasteiger partial charge in [0, 0.05) is 4.47 Å². The molecule has 1 aromatic rings. The lowest BCUT2D eigenvalue weighted by Crippen LogP contribution is -2.28. The third-order valence-electron chi connectivity index (χ3n) is 2.41. The van der Waals surface area contributed by atoms with Crippen molar-refractivity contribution >= 4 is 27.5 Å². The maximum absolute atomic E-state index is 11.7. The van der Waals surface area contributed by atoms with E-state index in [4.69, 9.17) is 0 Å². The van der Waals surface area contributed by atoms with E-state index in [2.05, 4.69) is 39.6 Å². The van der Waals surface area contributed by atoms with E-state index in [1.165, 1.54) is 5.56 Å². The Hall–Kier alpha value is -0.870. The second-order valence-corrected chi connectivity index (χ2v) is 5.02. The van der Waals surface area contributed by atoms with Gasteiger partial charge in [-0.2, -0.15) is 0 Å². The molecule has 4 heteroatoms. The Kier molecular flexibility index (Phi) is 5.65. The Balaban J connectivity index is 2.65. The van der Waals surface area contributed by atoms with Gasteiger partial charge >= 0.3 is 0 Å². The number of hydrogen-bond donors (Lipinski definition) is 2. The first-order valence-electron chi connectivity index (χ1n) is 5.82. The lowest BCUT2D eigenvalue weighted by molar-refractivity contribution is -0.115. The summed E-state index contributed by atoms with van der Waals surface area (Å²) < 4.78 is 0.929. The first-order chi connectivity index (χ1) is 8.04. The molecule has 0 radical (unpaired) electrons. The van der Waals surface area contributed by atoms with Crippen LogP contribution in [0.1, 0.15) is 24.5 Å². The summed E-state index contributed by atoms with van der Waals surface area (Å²) in [6.07, 6.45) is 1.03. The van der Waals surface area contributed by atoms with E-state index in [0.717, 1.165) is 28.7 Å². The molecule has 0 fully saturated rings. The molecule has 0 aliphatic carbocycles. The van der Waals surface area contributed by atoms with Crippen molar-refractivity contribution in [3.05, 3.63) is 27.7 Å². The zero-order valence-electron chi connectivity index (χ0n) is 10.6. The van der Waals surface area contributed by atoms with Gasteiger partial charge in [0.2, 0.25) is 5.91 Å². The summed E-state index contributed by atoms with van der Waals surface area (Å²) in [4.78, 5) is 11.7. The Morgan fingerprint density at radius 2 is 2.06 bits per heavy atom.